The van der Waals surface area contributed by atoms with Crippen molar-refractivity contribution >= 4 is 23.5 Å². The maximum absolute atomic E-state index is 12.3. The average molecular weight is 379 g/mol. The van der Waals surface area contributed by atoms with Gasteiger partial charge in [-0.2, -0.15) is 5.26 Å². The average Bonchev–Trinajstić information content (AvgIpc) is 2.73. The normalized spacial score (nSPS) is 9.89. The summed E-state index contributed by atoms with van der Waals surface area (Å²) in [4.78, 5) is 37.8. The lowest BCUT2D eigenvalue weighted by Crippen LogP contribution is -2.30. The van der Waals surface area contributed by atoms with Crippen LogP contribution in [0.1, 0.15) is 40.1 Å². The van der Waals surface area contributed by atoms with Gasteiger partial charge in [0.2, 0.25) is 0 Å². The lowest BCUT2D eigenvalue weighted by molar-refractivity contribution is -0.119. The van der Waals surface area contributed by atoms with Crippen LogP contribution in [-0.4, -0.2) is 42.4 Å². The number of carbonyl (C=O) groups is 3. The SMILES string of the molecule is CCN(CC)C(=O)c1ccc(NC(=O)COC(=O)c2ccc(C#N)cc2)cc1. The first-order valence-corrected chi connectivity index (χ1v) is 8.85. The predicted octanol–water partition coefficient (Wildman–Crippen LogP) is 2.84. The molecule has 7 nitrogen and oxygen atoms in total. The highest BCUT2D eigenvalue weighted by molar-refractivity contribution is 5.97. The number of benzene rings is 2. The van der Waals surface area contributed by atoms with Gasteiger partial charge in [-0.25, -0.2) is 4.79 Å². The van der Waals surface area contributed by atoms with E-state index in [0.717, 1.165) is 0 Å². The van der Waals surface area contributed by atoms with Crippen molar-refractivity contribution in [3.8, 4) is 6.07 Å². The van der Waals surface area contributed by atoms with E-state index >= 15 is 0 Å². The molecule has 0 aliphatic rings. The minimum absolute atomic E-state index is 0.0702. The number of hydrogen-bond acceptors (Lipinski definition) is 5. The minimum Gasteiger partial charge on any atom is -0.452 e. The van der Waals surface area contributed by atoms with Gasteiger partial charge in [0, 0.05) is 24.3 Å². The molecule has 0 atom stereocenters. The van der Waals surface area contributed by atoms with E-state index in [9.17, 15) is 14.4 Å². The first-order valence-electron chi connectivity index (χ1n) is 8.85. The molecule has 0 fully saturated rings. The molecule has 0 aliphatic heterocycles. The van der Waals surface area contributed by atoms with Gasteiger partial charge >= 0.3 is 5.97 Å². The Kier molecular flexibility index (Phi) is 7.28. The summed E-state index contributed by atoms with van der Waals surface area (Å²) in [5.41, 5.74) is 1.72. The quantitative estimate of drug-likeness (QED) is 0.746. The van der Waals surface area contributed by atoms with E-state index in [1.165, 1.54) is 24.3 Å². The number of amides is 2. The van der Waals surface area contributed by atoms with Crippen molar-refractivity contribution in [3.05, 3.63) is 65.2 Å². The molecule has 0 radical (unpaired) electrons. The van der Waals surface area contributed by atoms with Gasteiger partial charge in [-0.15, -0.1) is 0 Å². The summed E-state index contributed by atoms with van der Waals surface area (Å²) in [6.07, 6.45) is 0. The van der Waals surface area contributed by atoms with Gasteiger partial charge in [-0.3, -0.25) is 9.59 Å². The Labute approximate surface area is 163 Å². The number of rotatable bonds is 7. The summed E-state index contributed by atoms with van der Waals surface area (Å²) >= 11 is 0. The number of nitriles is 1. The van der Waals surface area contributed by atoms with Crippen molar-refractivity contribution in [2.24, 2.45) is 0 Å². The number of ether oxygens (including phenoxy) is 1. The van der Waals surface area contributed by atoms with Gasteiger partial charge in [-0.1, -0.05) is 0 Å². The number of nitrogens with one attached hydrogen (secondary N) is 1. The third-order valence-electron chi connectivity index (χ3n) is 4.05. The van der Waals surface area contributed by atoms with Crippen LogP contribution in [0.25, 0.3) is 0 Å². The smallest absolute Gasteiger partial charge is 0.338 e. The molecule has 144 valence electrons. The Hall–Kier alpha value is -3.66. The molecule has 0 bridgehead atoms. The highest BCUT2D eigenvalue weighted by Gasteiger charge is 2.13. The predicted molar refractivity (Wildman–Crippen MR) is 104 cm³/mol. The Morgan fingerprint density at radius 1 is 0.964 bits per heavy atom. The third kappa shape index (κ3) is 5.42. The van der Waals surface area contributed by atoms with Gasteiger partial charge in [0.25, 0.3) is 11.8 Å². The van der Waals surface area contributed by atoms with Crippen LogP contribution >= 0.6 is 0 Å². The van der Waals surface area contributed by atoms with Gasteiger partial charge in [0.15, 0.2) is 6.61 Å². The van der Waals surface area contributed by atoms with Crippen LogP contribution in [0.5, 0.6) is 0 Å². The molecule has 0 spiro atoms. The fourth-order valence-corrected chi connectivity index (χ4v) is 2.48. The Bertz CT molecular complexity index is 879. The molecule has 2 aromatic carbocycles. The summed E-state index contributed by atoms with van der Waals surface area (Å²) in [5, 5.41) is 11.3. The van der Waals surface area contributed by atoms with Crippen LogP contribution in [0, 0.1) is 11.3 Å². The molecule has 2 rings (SSSR count). The Balaban J connectivity index is 1.88. The molecule has 0 aliphatic carbocycles. The lowest BCUT2D eigenvalue weighted by Gasteiger charge is -2.18. The van der Waals surface area contributed by atoms with Crippen LogP contribution < -0.4 is 5.32 Å². The molecule has 0 saturated heterocycles. The molecule has 1 N–H and O–H groups in total. The van der Waals surface area contributed by atoms with Crippen LogP contribution in [0.4, 0.5) is 5.69 Å². The van der Waals surface area contributed by atoms with E-state index < -0.39 is 18.5 Å². The summed E-state index contributed by atoms with van der Waals surface area (Å²) in [7, 11) is 0. The summed E-state index contributed by atoms with van der Waals surface area (Å²) < 4.78 is 4.96. The number of carbonyl (C=O) groups excluding carboxylic acids is 3. The molecule has 2 amide bonds. The van der Waals surface area contributed by atoms with Gasteiger partial charge in [-0.05, 0) is 62.4 Å². The first-order chi connectivity index (χ1) is 13.5. The minimum atomic E-state index is -0.653. The van der Waals surface area contributed by atoms with Gasteiger partial charge in [0.1, 0.15) is 0 Å². The third-order valence-corrected chi connectivity index (χ3v) is 4.05. The van der Waals surface area contributed by atoms with E-state index in [-0.39, 0.29) is 11.5 Å². The van der Waals surface area contributed by atoms with Gasteiger partial charge in [0.05, 0.1) is 17.2 Å². The monoisotopic (exact) mass is 379 g/mol. The van der Waals surface area contributed by atoms with E-state index in [2.05, 4.69) is 5.32 Å². The van der Waals surface area contributed by atoms with Crippen molar-refractivity contribution in [2.75, 3.05) is 25.0 Å². The van der Waals surface area contributed by atoms with Crippen LogP contribution in [-0.2, 0) is 9.53 Å². The van der Waals surface area contributed by atoms with Crippen molar-refractivity contribution in [2.45, 2.75) is 13.8 Å². The Morgan fingerprint density at radius 2 is 1.54 bits per heavy atom. The highest BCUT2D eigenvalue weighted by Crippen LogP contribution is 2.12. The molecule has 0 aromatic heterocycles. The van der Waals surface area contributed by atoms with Gasteiger partial charge < -0.3 is 15.0 Å². The van der Waals surface area contributed by atoms with E-state index in [0.29, 0.717) is 29.9 Å². The maximum atomic E-state index is 12.3. The number of anilines is 1. The molecular weight excluding hydrogens is 358 g/mol. The Morgan fingerprint density at radius 3 is 2.07 bits per heavy atom. The number of nitrogens with zero attached hydrogens (tertiary/aromatic N) is 2. The van der Waals surface area contributed by atoms with Crippen LogP contribution in [0.2, 0.25) is 0 Å². The second-order valence-corrected chi connectivity index (χ2v) is 5.87. The van der Waals surface area contributed by atoms with E-state index in [1.54, 1.807) is 29.2 Å². The number of hydrogen-bond donors (Lipinski definition) is 1. The van der Waals surface area contributed by atoms with Crippen molar-refractivity contribution in [1.82, 2.24) is 4.90 Å². The van der Waals surface area contributed by atoms with E-state index in [4.69, 9.17) is 10.00 Å². The van der Waals surface area contributed by atoms with E-state index in [1.807, 2.05) is 19.9 Å². The molecule has 0 heterocycles. The highest BCUT2D eigenvalue weighted by atomic mass is 16.5. The first kappa shape index (κ1) is 20.6. The molecule has 7 heteroatoms. The largest absolute Gasteiger partial charge is 0.452 e. The van der Waals surface area contributed by atoms with Crippen LogP contribution in [0.3, 0.4) is 0 Å². The fraction of sp³-hybridized carbons (Fsp3) is 0.238. The lowest BCUT2D eigenvalue weighted by atomic mass is 10.1. The molecule has 28 heavy (non-hydrogen) atoms. The molecule has 0 unspecified atom stereocenters. The molecular formula is C21H21N3O4. The molecule has 2 aromatic rings. The topological polar surface area (TPSA) is 99.5 Å². The maximum Gasteiger partial charge on any atom is 0.338 e. The fourth-order valence-electron chi connectivity index (χ4n) is 2.48. The van der Waals surface area contributed by atoms with Crippen molar-refractivity contribution in [1.29, 1.82) is 5.26 Å². The standard InChI is InChI=1S/C21H21N3O4/c1-3-24(4-2)20(26)16-9-11-18(12-10-16)23-19(25)14-28-21(27)17-7-5-15(13-22)6-8-17/h5-12H,3-4,14H2,1-2H3,(H,23,25). The second-order valence-electron chi connectivity index (χ2n) is 5.87. The number of esters is 1. The second kappa shape index (κ2) is 9.88. The molecule has 0 saturated carbocycles. The zero-order valence-corrected chi connectivity index (χ0v) is 15.8. The van der Waals surface area contributed by atoms with Crippen molar-refractivity contribution in [3.63, 3.8) is 0 Å². The van der Waals surface area contributed by atoms with Crippen LogP contribution in [0.15, 0.2) is 48.5 Å². The van der Waals surface area contributed by atoms with Crippen molar-refractivity contribution < 1.29 is 19.1 Å². The summed E-state index contributed by atoms with van der Waals surface area (Å²) in [5.74, 6) is -1.22. The summed E-state index contributed by atoms with van der Waals surface area (Å²) in [6, 6.07) is 14.4. The zero-order valence-electron chi connectivity index (χ0n) is 15.8. The summed E-state index contributed by atoms with van der Waals surface area (Å²) in [6.45, 7) is 4.63. The zero-order chi connectivity index (χ0) is 20.5.